The van der Waals surface area contributed by atoms with E-state index in [1.165, 1.54) is 5.57 Å². The van der Waals surface area contributed by atoms with Crippen LogP contribution in [0.5, 0.6) is 0 Å². The first-order valence-corrected chi connectivity index (χ1v) is 13.4. The number of amides is 1. The van der Waals surface area contributed by atoms with Gasteiger partial charge >= 0.3 is 11.9 Å². The first-order valence-electron chi connectivity index (χ1n) is 13.4. The summed E-state index contributed by atoms with van der Waals surface area (Å²) in [6.07, 6.45) is 9.44. The van der Waals surface area contributed by atoms with Crippen LogP contribution in [0.4, 0.5) is 0 Å². The highest BCUT2D eigenvalue weighted by atomic mass is 16.5. The Bertz CT molecular complexity index is 924. The second-order valence-corrected chi connectivity index (χ2v) is 12.2. The number of ether oxygens (including phenoxy) is 1. The van der Waals surface area contributed by atoms with Gasteiger partial charge in [-0.2, -0.15) is 0 Å². The Morgan fingerprint density at radius 1 is 1.06 bits per heavy atom. The second-order valence-electron chi connectivity index (χ2n) is 12.2. The molecule has 0 spiro atoms. The number of carboxylic acid groups (broad SMARTS) is 1. The summed E-state index contributed by atoms with van der Waals surface area (Å²) >= 11 is 0. The van der Waals surface area contributed by atoms with Gasteiger partial charge in [-0.3, -0.25) is 14.4 Å². The van der Waals surface area contributed by atoms with Crippen molar-refractivity contribution in [1.29, 1.82) is 0 Å². The van der Waals surface area contributed by atoms with Gasteiger partial charge in [-0.25, -0.2) is 4.79 Å². The predicted molar refractivity (Wildman–Crippen MR) is 130 cm³/mol. The van der Waals surface area contributed by atoms with Crippen LogP contribution < -0.4 is 5.32 Å². The zero-order valence-corrected chi connectivity index (χ0v) is 21.6. The van der Waals surface area contributed by atoms with Crippen molar-refractivity contribution < 1.29 is 29.0 Å². The quantitative estimate of drug-likeness (QED) is 0.514. The average molecular weight is 488 g/mol. The summed E-state index contributed by atoms with van der Waals surface area (Å²) in [7, 11) is 0. The van der Waals surface area contributed by atoms with Crippen molar-refractivity contribution in [2.45, 2.75) is 104 Å². The third-order valence-corrected chi connectivity index (χ3v) is 9.95. The molecule has 0 heterocycles. The first kappa shape index (κ1) is 25.9. The van der Waals surface area contributed by atoms with Gasteiger partial charge in [0.2, 0.25) is 5.91 Å². The lowest BCUT2D eigenvalue weighted by Gasteiger charge is -2.57. The largest absolute Gasteiger partial charge is 0.480 e. The fourth-order valence-corrected chi connectivity index (χ4v) is 7.90. The van der Waals surface area contributed by atoms with E-state index in [-0.39, 0.29) is 47.4 Å². The minimum absolute atomic E-state index is 0.0418. The Hall–Kier alpha value is -2.18. The maximum atomic E-state index is 12.7. The third-order valence-electron chi connectivity index (χ3n) is 9.95. The van der Waals surface area contributed by atoms with Crippen LogP contribution in [0.25, 0.3) is 0 Å². The van der Waals surface area contributed by atoms with Crippen LogP contribution in [0.1, 0.15) is 91.9 Å². The zero-order valence-electron chi connectivity index (χ0n) is 21.6. The molecule has 7 heteroatoms. The first-order chi connectivity index (χ1) is 16.5. The molecule has 194 valence electrons. The maximum Gasteiger partial charge on any atom is 0.326 e. The van der Waals surface area contributed by atoms with E-state index in [1.807, 2.05) is 6.08 Å². The number of carbonyl (C=O) groups is 4. The van der Waals surface area contributed by atoms with Crippen LogP contribution in [-0.2, 0) is 23.9 Å². The Labute approximate surface area is 208 Å². The predicted octanol–water partition coefficient (Wildman–Crippen LogP) is 4.44. The minimum Gasteiger partial charge on any atom is -0.480 e. The molecule has 0 aliphatic heterocycles. The molecule has 1 amide bonds. The third kappa shape index (κ3) is 4.79. The van der Waals surface area contributed by atoms with Crippen LogP contribution in [0, 0.1) is 34.5 Å². The molecule has 0 bridgehead atoms. The Kier molecular flexibility index (Phi) is 7.18. The normalized spacial score (nSPS) is 36.9. The topological polar surface area (TPSA) is 110 Å². The summed E-state index contributed by atoms with van der Waals surface area (Å²) in [6.45, 7) is 8.12. The monoisotopic (exact) mass is 487 g/mol. The molecule has 7 atom stereocenters. The second kappa shape index (κ2) is 9.70. The van der Waals surface area contributed by atoms with Gasteiger partial charge in [0.05, 0.1) is 6.42 Å². The number of fused-ring (bicyclic) bond motifs is 5. The fraction of sp³-hybridized carbons (Fsp3) is 0.786. The molecule has 5 unspecified atom stereocenters. The number of nitrogens with one attached hydrogen (secondary N) is 1. The SMILES string of the molecule is CC(C)C(NC(=O)CCC(=O)OC1CCC2C3CCC4=CC(=O)CC[C@]4(C)C3CC[C@]12C)C(=O)O. The molecular weight excluding hydrogens is 446 g/mol. The number of esters is 1. The molecule has 3 saturated carbocycles. The molecule has 35 heavy (non-hydrogen) atoms. The van der Waals surface area contributed by atoms with E-state index in [9.17, 15) is 24.3 Å². The number of hydrogen-bond acceptors (Lipinski definition) is 5. The van der Waals surface area contributed by atoms with Gasteiger partial charge in [-0.15, -0.1) is 0 Å². The molecule has 0 aromatic heterocycles. The van der Waals surface area contributed by atoms with Gasteiger partial charge in [0, 0.05) is 18.3 Å². The van der Waals surface area contributed by atoms with E-state index in [2.05, 4.69) is 19.2 Å². The maximum absolute atomic E-state index is 12.7. The van der Waals surface area contributed by atoms with Crippen molar-refractivity contribution in [3.63, 3.8) is 0 Å². The van der Waals surface area contributed by atoms with E-state index in [4.69, 9.17) is 4.74 Å². The molecule has 4 aliphatic rings. The summed E-state index contributed by atoms with van der Waals surface area (Å²) in [5.74, 6) is -0.146. The van der Waals surface area contributed by atoms with Gasteiger partial charge in [-0.1, -0.05) is 33.3 Å². The van der Waals surface area contributed by atoms with Crippen molar-refractivity contribution >= 4 is 23.6 Å². The molecule has 0 aromatic carbocycles. The fourth-order valence-electron chi connectivity index (χ4n) is 7.90. The number of rotatable bonds is 7. The summed E-state index contributed by atoms with van der Waals surface area (Å²) < 4.78 is 5.97. The molecule has 0 radical (unpaired) electrons. The number of ketones is 1. The van der Waals surface area contributed by atoms with E-state index >= 15 is 0 Å². The zero-order chi connectivity index (χ0) is 25.5. The highest BCUT2D eigenvalue weighted by Crippen LogP contribution is 2.65. The number of hydrogen-bond donors (Lipinski definition) is 2. The highest BCUT2D eigenvalue weighted by molar-refractivity contribution is 5.91. The van der Waals surface area contributed by atoms with Crippen LogP contribution in [0.3, 0.4) is 0 Å². The Balaban J connectivity index is 1.35. The highest BCUT2D eigenvalue weighted by Gasteiger charge is 2.59. The van der Waals surface area contributed by atoms with Crippen molar-refractivity contribution in [3.8, 4) is 0 Å². The van der Waals surface area contributed by atoms with Gasteiger partial charge < -0.3 is 15.2 Å². The van der Waals surface area contributed by atoms with Gasteiger partial charge in [0.25, 0.3) is 0 Å². The molecular formula is C28H41NO6. The van der Waals surface area contributed by atoms with E-state index in [0.29, 0.717) is 24.2 Å². The molecule has 2 N–H and O–H groups in total. The Morgan fingerprint density at radius 2 is 1.80 bits per heavy atom. The van der Waals surface area contributed by atoms with Crippen LogP contribution in [0.15, 0.2) is 11.6 Å². The van der Waals surface area contributed by atoms with Crippen molar-refractivity contribution in [3.05, 3.63) is 11.6 Å². The number of allylic oxidation sites excluding steroid dienone is 1. The summed E-state index contributed by atoms with van der Waals surface area (Å²) in [5, 5.41) is 11.8. The molecule has 7 nitrogen and oxygen atoms in total. The summed E-state index contributed by atoms with van der Waals surface area (Å²) in [6, 6.07) is -0.960. The number of carbonyl (C=O) groups excluding carboxylic acids is 3. The van der Waals surface area contributed by atoms with Crippen molar-refractivity contribution in [1.82, 2.24) is 5.32 Å². The van der Waals surface area contributed by atoms with E-state index < -0.39 is 17.9 Å². The molecule has 4 aliphatic carbocycles. The van der Waals surface area contributed by atoms with Crippen LogP contribution in [0.2, 0.25) is 0 Å². The van der Waals surface area contributed by atoms with E-state index in [0.717, 1.165) is 44.9 Å². The van der Waals surface area contributed by atoms with Gasteiger partial charge in [-0.05, 0) is 80.1 Å². The summed E-state index contributed by atoms with van der Waals surface area (Å²) in [4.78, 5) is 48.2. The molecule has 0 saturated heterocycles. The molecule has 3 fully saturated rings. The average Bonchev–Trinajstić information content (AvgIpc) is 3.12. The van der Waals surface area contributed by atoms with Gasteiger partial charge in [0.15, 0.2) is 5.78 Å². The number of aliphatic carboxylic acids is 1. The molecule has 4 rings (SSSR count). The number of carboxylic acids is 1. The van der Waals surface area contributed by atoms with Crippen molar-refractivity contribution in [2.24, 2.45) is 34.5 Å². The lowest BCUT2D eigenvalue weighted by molar-refractivity contribution is -0.160. The van der Waals surface area contributed by atoms with Gasteiger partial charge in [0.1, 0.15) is 12.1 Å². The Morgan fingerprint density at radius 3 is 2.49 bits per heavy atom. The van der Waals surface area contributed by atoms with E-state index in [1.54, 1.807) is 13.8 Å². The summed E-state index contributed by atoms with van der Waals surface area (Å²) in [5.41, 5.74) is 1.44. The standard InChI is InChI=1S/C28H41NO6/c1-16(2)25(26(33)34)29-23(31)9-10-24(32)35-22-8-7-20-19-6-5-17-15-18(30)11-13-27(17,3)21(19)12-14-28(20,22)4/h15-16,19-22,25H,5-14H2,1-4H3,(H,29,31)(H,33,34)/t19?,20?,21?,22?,25?,27-,28-/m0/s1. The van der Waals surface area contributed by atoms with Crippen molar-refractivity contribution in [2.75, 3.05) is 0 Å². The van der Waals surface area contributed by atoms with Crippen LogP contribution in [-0.4, -0.2) is 40.9 Å². The minimum atomic E-state index is -1.07. The lowest BCUT2D eigenvalue weighted by Crippen LogP contribution is -2.51. The smallest absolute Gasteiger partial charge is 0.326 e. The molecule has 0 aromatic rings. The lowest BCUT2D eigenvalue weighted by atomic mass is 9.47. The van der Waals surface area contributed by atoms with Crippen LogP contribution >= 0.6 is 0 Å².